The van der Waals surface area contributed by atoms with Gasteiger partial charge in [-0.25, -0.2) is 0 Å². The molecule has 156 valence electrons. The molecule has 0 bridgehead atoms. The Hall–Kier alpha value is -3.51. The van der Waals surface area contributed by atoms with Gasteiger partial charge < -0.3 is 15.0 Å². The zero-order chi connectivity index (χ0) is 21.3. The first-order chi connectivity index (χ1) is 15.2. The van der Waals surface area contributed by atoms with Crippen LogP contribution in [-0.4, -0.2) is 34.4 Å². The highest BCUT2D eigenvalue weighted by Gasteiger charge is 2.54. The van der Waals surface area contributed by atoms with E-state index in [1.165, 1.54) is 0 Å². The molecule has 2 atom stereocenters. The van der Waals surface area contributed by atoms with Crippen LogP contribution < -0.4 is 5.32 Å². The average molecular weight is 413 g/mol. The molecule has 1 aromatic heterocycles. The Morgan fingerprint density at radius 1 is 1.03 bits per heavy atom. The summed E-state index contributed by atoms with van der Waals surface area (Å²) in [6.45, 7) is 1.23. The molecule has 0 aliphatic carbocycles. The van der Waals surface area contributed by atoms with Gasteiger partial charge in [0.2, 0.25) is 5.91 Å². The first-order valence-corrected chi connectivity index (χ1v) is 10.4. The summed E-state index contributed by atoms with van der Waals surface area (Å²) in [5.41, 5.74) is 3.16. The summed E-state index contributed by atoms with van der Waals surface area (Å²) in [6.07, 6.45) is 3.22. The van der Waals surface area contributed by atoms with Crippen molar-refractivity contribution in [3.63, 3.8) is 0 Å². The van der Waals surface area contributed by atoms with Gasteiger partial charge in [-0.1, -0.05) is 42.5 Å². The van der Waals surface area contributed by atoms with Crippen molar-refractivity contribution in [3.8, 4) is 0 Å². The highest BCUT2D eigenvalue weighted by molar-refractivity contribution is 5.95. The summed E-state index contributed by atoms with van der Waals surface area (Å²) >= 11 is 0. The molecule has 2 aromatic carbocycles. The van der Waals surface area contributed by atoms with E-state index in [1.54, 1.807) is 12.4 Å². The number of fused-ring (bicyclic) bond motifs is 2. The van der Waals surface area contributed by atoms with Crippen molar-refractivity contribution in [1.82, 2.24) is 15.2 Å². The molecule has 2 amide bonds. The maximum absolute atomic E-state index is 13.4. The van der Waals surface area contributed by atoms with Crippen LogP contribution in [0.5, 0.6) is 0 Å². The van der Waals surface area contributed by atoms with Crippen LogP contribution in [-0.2, 0) is 28.2 Å². The van der Waals surface area contributed by atoms with Gasteiger partial charge in [0.1, 0.15) is 6.10 Å². The second-order valence-corrected chi connectivity index (χ2v) is 8.02. The second-order valence-electron chi connectivity index (χ2n) is 8.02. The van der Waals surface area contributed by atoms with E-state index in [0.717, 1.165) is 16.7 Å². The number of amides is 2. The van der Waals surface area contributed by atoms with Gasteiger partial charge in [-0.3, -0.25) is 14.6 Å². The Kier molecular flexibility index (Phi) is 5.00. The number of carbonyl (C=O) groups excluding carboxylic acids is 2. The van der Waals surface area contributed by atoms with Gasteiger partial charge in [-0.05, 0) is 41.0 Å². The van der Waals surface area contributed by atoms with Crippen molar-refractivity contribution < 1.29 is 14.3 Å². The fraction of sp³-hybridized carbons (Fsp3) is 0.240. The van der Waals surface area contributed by atoms with Gasteiger partial charge in [0.15, 0.2) is 0 Å². The molecule has 6 nitrogen and oxygen atoms in total. The molecule has 6 heteroatoms. The largest absolute Gasteiger partial charge is 0.365 e. The zero-order valence-electron chi connectivity index (χ0n) is 17.0. The summed E-state index contributed by atoms with van der Waals surface area (Å²) in [5, 5.41) is 2.95. The smallest absolute Gasteiger partial charge is 0.254 e. The molecule has 5 rings (SSSR count). The molecule has 1 N–H and O–H groups in total. The molecule has 1 saturated heterocycles. The lowest BCUT2D eigenvalue weighted by molar-refractivity contribution is -0.130. The Balaban J connectivity index is 1.39. The minimum absolute atomic E-state index is 0.0433. The topological polar surface area (TPSA) is 71.5 Å². The van der Waals surface area contributed by atoms with Crippen LogP contribution in [0.25, 0.3) is 0 Å². The zero-order valence-corrected chi connectivity index (χ0v) is 17.0. The van der Waals surface area contributed by atoms with Gasteiger partial charge in [0.25, 0.3) is 5.91 Å². The molecular weight excluding hydrogens is 390 g/mol. The highest BCUT2D eigenvalue weighted by Crippen LogP contribution is 2.47. The number of nitrogens with one attached hydrogen (secondary N) is 1. The normalized spacial score (nSPS) is 21.8. The van der Waals surface area contributed by atoms with E-state index in [0.29, 0.717) is 31.7 Å². The molecule has 0 unspecified atom stereocenters. The van der Waals surface area contributed by atoms with Crippen LogP contribution in [0.3, 0.4) is 0 Å². The first kappa shape index (κ1) is 19.5. The third kappa shape index (κ3) is 3.49. The number of aromatic nitrogens is 1. The number of carbonyl (C=O) groups is 2. The van der Waals surface area contributed by atoms with Gasteiger partial charge in [0.05, 0.1) is 12.1 Å². The molecule has 1 fully saturated rings. The summed E-state index contributed by atoms with van der Waals surface area (Å²) in [4.78, 5) is 32.2. The number of rotatable bonds is 4. The Morgan fingerprint density at radius 3 is 2.58 bits per heavy atom. The minimum atomic E-state index is -0.637. The quantitative estimate of drug-likeness (QED) is 0.714. The lowest BCUT2D eigenvalue weighted by Gasteiger charge is -2.34. The third-order valence-electron chi connectivity index (χ3n) is 6.18. The van der Waals surface area contributed by atoms with E-state index < -0.39 is 11.6 Å². The van der Waals surface area contributed by atoms with E-state index >= 15 is 0 Å². The van der Waals surface area contributed by atoms with Gasteiger partial charge in [0, 0.05) is 37.5 Å². The summed E-state index contributed by atoms with van der Waals surface area (Å²) in [5.74, 6) is -0.205. The lowest BCUT2D eigenvalue weighted by atomic mass is 9.86. The molecule has 3 aromatic rings. The molecule has 0 saturated carbocycles. The fourth-order valence-electron chi connectivity index (χ4n) is 4.59. The number of hydrogen-bond donors (Lipinski definition) is 1. The van der Waals surface area contributed by atoms with Crippen LogP contribution in [0.15, 0.2) is 79.1 Å². The second kappa shape index (κ2) is 7.96. The van der Waals surface area contributed by atoms with Crippen LogP contribution in [0.4, 0.5) is 0 Å². The Morgan fingerprint density at radius 2 is 1.77 bits per heavy atom. The first-order valence-electron chi connectivity index (χ1n) is 10.4. The van der Waals surface area contributed by atoms with Gasteiger partial charge in [-0.15, -0.1) is 0 Å². The maximum Gasteiger partial charge on any atom is 0.254 e. The SMILES string of the molecule is O=C(NCc1ccncc1)[C@@H]1C[C@@]2(CO1)c1ccccc1CN2C(=O)c1ccccc1. The molecule has 0 radical (unpaired) electrons. The molecule has 3 heterocycles. The third-order valence-corrected chi connectivity index (χ3v) is 6.18. The Labute approximate surface area is 180 Å². The molecule has 31 heavy (non-hydrogen) atoms. The van der Waals surface area contributed by atoms with Crippen molar-refractivity contribution in [2.24, 2.45) is 0 Å². The number of nitrogens with zero attached hydrogens (tertiary/aromatic N) is 2. The van der Waals surface area contributed by atoms with Crippen molar-refractivity contribution in [2.75, 3.05) is 6.61 Å². The van der Waals surface area contributed by atoms with Crippen LogP contribution >= 0.6 is 0 Å². The molecule has 2 aliphatic heterocycles. The predicted molar refractivity (Wildman–Crippen MR) is 115 cm³/mol. The van der Waals surface area contributed by atoms with E-state index in [2.05, 4.69) is 10.3 Å². The monoisotopic (exact) mass is 413 g/mol. The highest BCUT2D eigenvalue weighted by atomic mass is 16.5. The minimum Gasteiger partial charge on any atom is -0.365 e. The number of pyridine rings is 1. The van der Waals surface area contributed by atoms with Crippen LogP contribution in [0.2, 0.25) is 0 Å². The van der Waals surface area contributed by atoms with Gasteiger partial charge >= 0.3 is 0 Å². The molecular formula is C25H23N3O3. The lowest BCUT2D eigenvalue weighted by Crippen LogP contribution is -2.46. The van der Waals surface area contributed by atoms with Crippen molar-refractivity contribution in [2.45, 2.75) is 31.2 Å². The fourth-order valence-corrected chi connectivity index (χ4v) is 4.59. The van der Waals surface area contributed by atoms with Crippen molar-refractivity contribution in [1.29, 1.82) is 0 Å². The van der Waals surface area contributed by atoms with E-state index in [1.807, 2.05) is 71.6 Å². The summed E-state index contributed by atoms with van der Waals surface area (Å²) in [7, 11) is 0. The molecule has 2 aliphatic rings. The van der Waals surface area contributed by atoms with E-state index in [4.69, 9.17) is 4.74 Å². The van der Waals surface area contributed by atoms with Gasteiger partial charge in [-0.2, -0.15) is 0 Å². The Bertz CT molecular complexity index is 1100. The van der Waals surface area contributed by atoms with Crippen molar-refractivity contribution >= 4 is 11.8 Å². The predicted octanol–water partition coefficient (Wildman–Crippen LogP) is 3.04. The van der Waals surface area contributed by atoms with E-state index in [-0.39, 0.29) is 11.8 Å². The summed E-state index contributed by atoms with van der Waals surface area (Å²) in [6, 6.07) is 21.1. The maximum atomic E-state index is 13.4. The van der Waals surface area contributed by atoms with Crippen LogP contribution in [0.1, 0.15) is 33.5 Å². The van der Waals surface area contributed by atoms with Crippen molar-refractivity contribution in [3.05, 3.63) is 101 Å². The van der Waals surface area contributed by atoms with Crippen LogP contribution in [0, 0.1) is 0 Å². The number of benzene rings is 2. The number of ether oxygens (including phenoxy) is 1. The standard InChI is InChI=1S/C25H23N3O3/c29-23(27-15-18-10-12-26-13-11-18)22-14-25(17-31-22)21-9-5-4-8-20(21)16-28(25)24(30)19-6-2-1-3-7-19/h1-13,22H,14-17H2,(H,27,29)/t22-,25+/m0/s1. The number of hydrogen-bond acceptors (Lipinski definition) is 4. The average Bonchev–Trinajstić information content (AvgIpc) is 3.41. The van der Waals surface area contributed by atoms with E-state index in [9.17, 15) is 9.59 Å². The summed E-state index contributed by atoms with van der Waals surface area (Å²) < 4.78 is 6.00. The molecule has 1 spiro atoms.